The fraction of sp³-hybridized carbons (Fsp3) is 0.708. The van der Waals surface area contributed by atoms with E-state index in [1.54, 1.807) is 6.92 Å². The van der Waals surface area contributed by atoms with Crippen LogP contribution in [0, 0.1) is 5.92 Å². The number of rotatable bonds is 14. The third kappa shape index (κ3) is 9.81. The van der Waals surface area contributed by atoms with Crippen molar-refractivity contribution in [3.05, 3.63) is 24.3 Å². The summed E-state index contributed by atoms with van der Waals surface area (Å²) in [6, 6.07) is 0. The van der Waals surface area contributed by atoms with E-state index in [1.165, 1.54) is 32.6 Å². The van der Waals surface area contributed by atoms with Crippen LogP contribution >= 0.6 is 21.6 Å². The number of nitrogens with zero attached hydrogens (tertiary/aromatic N) is 3. The van der Waals surface area contributed by atoms with E-state index in [0.29, 0.717) is 17.1 Å². The second-order valence-electron chi connectivity index (χ2n) is 10.6. The van der Waals surface area contributed by atoms with Crippen molar-refractivity contribution < 1.29 is 37.8 Å². The van der Waals surface area contributed by atoms with Crippen molar-refractivity contribution in [2.45, 2.75) is 71.2 Å². The van der Waals surface area contributed by atoms with Crippen molar-refractivity contribution in [1.29, 1.82) is 0 Å². The van der Waals surface area contributed by atoms with Crippen molar-refractivity contribution in [3.8, 4) is 0 Å². The second kappa shape index (κ2) is 14.5. The van der Waals surface area contributed by atoms with Gasteiger partial charge in [-0.25, -0.2) is 19.3 Å². The van der Waals surface area contributed by atoms with Crippen LogP contribution in [0.1, 0.15) is 51.5 Å². The Hall–Kier alpha value is -2.07. The fourth-order valence-electron chi connectivity index (χ4n) is 3.21. The minimum atomic E-state index is -2.22. The van der Waals surface area contributed by atoms with E-state index < -0.39 is 44.8 Å². The molecule has 2 N–H and O–H groups in total. The molecule has 4 unspecified atom stereocenters. The lowest BCUT2D eigenvalue weighted by molar-refractivity contribution is -0.138. The topological polar surface area (TPSA) is 154 Å². The highest BCUT2D eigenvalue weighted by atomic mass is 33.1. The number of primary amides is 1. The molecule has 0 bridgehead atoms. The summed E-state index contributed by atoms with van der Waals surface area (Å²) in [5, 5.41) is 4.11. The minimum Gasteiger partial charge on any atom is -0.461 e. The maximum Gasteiger partial charge on any atom is 0.508 e. The number of amides is 1. The predicted octanol–water partition coefficient (Wildman–Crippen LogP) is 3.95. The van der Waals surface area contributed by atoms with Crippen molar-refractivity contribution >= 4 is 47.9 Å². The Morgan fingerprint density at radius 2 is 1.77 bits per heavy atom. The summed E-state index contributed by atoms with van der Waals surface area (Å²) in [7, 11) is 0.779. The number of aromatic nitrogens is 3. The van der Waals surface area contributed by atoms with Crippen LogP contribution in [0.5, 0.6) is 0 Å². The van der Waals surface area contributed by atoms with Gasteiger partial charge < -0.3 is 29.1 Å². The molecule has 39 heavy (non-hydrogen) atoms. The van der Waals surface area contributed by atoms with Crippen LogP contribution in [0.2, 0.25) is 18.1 Å². The summed E-state index contributed by atoms with van der Waals surface area (Å²) in [6.07, 6.45) is -1.00. The Labute approximate surface area is 238 Å². The van der Waals surface area contributed by atoms with Crippen LogP contribution in [0.3, 0.4) is 0 Å². The molecule has 1 saturated heterocycles. The van der Waals surface area contributed by atoms with E-state index in [0.717, 1.165) is 0 Å². The molecular weight excluding hydrogens is 565 g/mol. The number of hydrogen-bond acceptors (Lipinski definition) is 12. The summed E-state index contributed by atoms with van der Waals surface area (Å²) in [5.74, 6) is -0.283. The lowest BCUT2D eigenvalue weighted by Gasteiger charge is -2.40. The zero-order valence-corrected chi connectivity index (χ0v) is 26.3. The number of nitrogens with two attached hydrogens (primary N) is 1. The molecule has 0 saturated carbocycles. The summed E-state index contributed by atoms with van der Waals surface area (Å²) < 4.78 is 29.8. The molecule has 2 rings (SSSR count). The van der Waals surface area contributed by atoms with Gasteiger partial charge in [-0.1, -0.05) is 55.9 Å². The Bertz CT molecular complexity index is 1020. The standard InChI is InChI=1S/C24H40N4O8S2Si/c1-15(2)22(30)32-9-11-37-38-12-10-33-23(31)34-13-17-16(3)18(36-39(7,8)24(4,5)6)21(35-17)28-14-26-20(27-28)19(25)29/h14,16-18,21H,1,9-13H2,2-8H3,(H2,25,29). The smallest absolute Gasteiger partial charge is 0.461 e. The van der Waals surface area contributed by atoms with Crippen LogP contribution in [-0.2, 0) is 28.2 Å². The van der Waals surface area contributed by atoms with Crippen molar-refractivity contribution in [3.63, 3.8) is 0 Å². The molecule has 0 aliphatic carbocycles. The zero-order valence-electron chi connectivity index (χ0n) is 23.6. The molecule has 1 aromatic rings. The van der Waals surface area contributed by atoms with Gasteiger partial charge in [0.1, 0.15) is 26.1 Å². The number of carbonyl (C=O) groups excluding carboxylic acids is 3. The normalized spacial score (nSPS) is 21.4. The number of carbonyl (C=O) groups is 3. The zero-order chi connectivity index (χ0) is 29.4. The third-order valence-corrected chi connectivity index (χ3v) is 13.3. The number of esters is 1. The molecule has 1 aliphatic heterocycles. The molecule has 2 heterocycles. The van der Waals surface area contributed by atoms with Gasteiger partial charge in [-0.3, -0.25) is 4.79 Å². The van der Waals surface area contributed by atoms with Crippen LogP contribution in [0.25, 0.3) is 0 Å². The van der Waals surface area contributed by atoms with Gasteiger partial charge in [-0.15, -0.1) is 5.10 Å². The van der Waals surface area contributed by atoms with Gasteiger partial charge in [0.25, 0.3) is 5.91 Å². The molecule has 12 nitrogen and oxygen atoms in total. The quantitative estimate of drug-likeness (QED) is 0.107. The molecule has 1 aliphatic rings. The lowest BCUT2D eigenvalue weighted by Crippen LogP contribution is -2.47. The van der Waals surface area contributed by atoms with Crippen molar-refractivity contribution in [1.82, 2.24) is 14.8 Å². The summed E-state index contributed by atoms with van der Waals surface area (Å²) in [5.41, 5.74) is 5.68. The van der Waals surface area contributed by atoms with Crippen molar-refractivity contribution in [2.75, 3.05) is 31.3 Å². The summed E-state index contributed by atoms with van der Waals surface area (Å²) in [6.45, 7) is 18.2. The molecule has 0 radical (unpaired) electrons. The highest BCUT2D eigenvalue weighted by molar-refractivity contribution is 8.76. The molecule has 1 amide bonds. The minimum absolute atomic E-state index is 0.0405. The third-order valence-electron chi connectivity index (χ3n) is 6.51. The average molecular weight is 605 g/mol. The van der Waals surface area contributed by atoms with Gasteiger partial charge in [-0.2, -0.15) is 0 Å². The van der Waals surface area contributed by atoms with E-state index in [4.69, 9.17) is 29.1 Å². The second-order valence-corrected chi connectivity index (χ2v) is 18.1. The maximum absolute atomic E-state index is 12.2. The first-order valence-electron chi connectivity index (χ1n) is 12.5. The first kappa shape index (κ1) is 33.1. The lowest BCUT2D eigenvalue weighted by atomic mass is 10.0. The molecule has 4 atom stereocenters. The van der Waals surface area contributed by atoms with Crippen LogP contribution in [0.15, 0.2) is 18.5 Å². The van der Waals surface area contributed by atoms with E-state index >= 15 is 0 Å². The Morgan fingerprint density at radius 1 is 1.15 bits per heavy atom. The molecule has 220 valence electrons. The van der Waals surface area contributed by atoms with Gasteiger partial charge in [0.15, 0.2) is 14.5 Å². The monoisotopic (exact) mass is 604 g/mol. The van der Waals surface area contributed by atoms with Gasteiger partial charge in [-0.05, 0) is 25.1 Å². The van der Waals surface area contributed by atoms with E-state index in [-0.39, 0.29) is 36.6 Å². The summed E-state index contributed by atoms with van der Waals surface area (Å²) in [4.78, 5) is 39.0. The largest absolute Gasteiger partial charge is 0.508 e. The predicted molar refractivity (Wildman–Crippen MR) is 152 cm³/mol. The molecular formula is C24H40N4O8S2Si. The highest BCUT2D eigenvalue weighted by Crippen LogP contribution is 2.43. The fourth-order valence-corrected chi connectivity index (χ4v) is 6.23. The van der Waals surface area contributed by atoms with Crippen LogP contribution < -0.4 is 5.73 Å². The SMILES string of the molecule is C=C(C)C(=O)OCCSSCCOC(=O)OCC1OC(n2cnc(C(N)=O)n2)C(O[Si](C)(C)C(C)(C)C)C1C. The van der Waals surface area contributed by atoms with Gasteiger partial charge in [0.05, 0.1) is 12.2 Å². The van der Waals surface area contributed by atoms with Crippen LogP contribution in [-0.4, -0.2) is 84.6 Å². The maximum atomic E-state index is 12.2. The average Bonchev–Trinajstić information content (AvgIpc) is 3.44. The van der Waals surface area contributed by atoms with E-state index in [9.17, 15) is 14.4 Å². The number of hydrogen-bond donors (Lipinski definition) is 1. The Balaban J connectivity index is 1.86. The van der Waals surface area contributed by atoms with Crippen molar-refractivity contribution in [2.24, 2.45) is 11.7 Å². The van der Waals surface area contributed by atoms with Crippen LogP contribution in [0.4, 0.5) is 4.79 Å². The first-order chi connectivity index (χ1) is 18.1. The molecule has 1 aromatic heterocycles. The molecule has 0 spiro atoms. The first-order valence-corrected chi connectivity index (χ1v) is 17.9. The highest BCUT2D eigenvalue weighted by Gasteiger charge is 2.49. The number of ether oxygens (including phenoxy) is 4. The van der Waals surface area contributed by atoms with E-state index in [2.05, 4.69) is 50.5 Å². The van der Waals surface area contributed by atoms with Gasteiger partial charge in [0.2, 0.25) is 5.82 Å². The molecule has 1 fully saturated rings. The summed E-state index contributed by atoms with van der Waals surface area (Å²) >= 11 is 0. The molecule has 15 heteroatoms. The van der Waals surface area contributed by atoms with E-state index in [1.807, 2.05) is 6.92 Å². The Kier molecular flexibility index (Phi) is 12.3. The Morgan fingerprint density at radius 3 is 2.31 bits per heavy atom. The van der Waals surface area contributed by atoms with Gasteiger partial charge in [0, 0.05) is 23.0 Å². The van der Waals surface area contributed by atoms with Gasteiger partial charge >= 0.3 is 12.1 Å². The molecule has 0 aromatic carbocycles.